The van der Waals surface area contributed by atoms with Gasteiger partial charge in [-0.1, -0.05) is 36.4 Å². The molecule has 0 aliphatic carbocycles. The van der Waals surface area contributed by atoms with Gasteiger partial charge in [-0.3, -0.25) is 4.79 Å². The Labute approximate surface area is 151 Å². The van der Waals surface area contributed by atoms with E-state index in [4.69, 9.17) is 10.2 Å². The van der Waals surface area contributed by atoms with Crippen LogP contribution in [0.3, 0.4) is 0 Å². The first-order valence-electron chi connectivity index (χ1n) is 7.76. The molecular formula is C19H13N3O3S. The van der Waals surface area contributed by atoms with Crippen LogP contribution in [0, 0.1) is 0 Å². The smallest absolute Gasteiger partial charge is 0.347 e. The van der Waals surface area contributed by atoms with Crippen molar-refractivity contribution in [2.75, 3.05) is 0 Å². The SMILES string of the molecule is NC(=NNC(=O)c1cccs1)c1cc2c(ccc3ccccc32)oc1=O. The molecule has 0 unspecified atom stereocenters. The summed E-state index contributed by atoms with van der Waals surface area (Å²) in [6.07, 6.45) is 0. The number of amidine groups is 1. The average Bonchev–Trinajstić information content (AvgIpc) is 3.20. The van der Waals surface area contributed by atoms with E-state index in [9.17, 15) is 9.59 Å². The highest BCUT2D eigenvalue weighted by Crippen LogP contribution is 2.24. The molecule has 4 aromatic rings. The molecule has 0 radical (unpaired) electrons. The fraction of sp³-hybridized carbons (Fsp3) is 0. The minimum Gasteiger partial charge on any atom is -0.422 e. The number of carbonyl (C=O) groups excluding carboxylic acids is 1. The summed E-state index contributed by atoms with van der Waals surface area (Å²) >= 11 is 1.28. The average molecular weight is 363 g/mol. The van der Waals surface area contributed by atoms with Crippen molar-refractivity contribution < 1.29 is 9.21 Å². The van der Waals surface area contributed by atoms with E-state index >= 15 is 0 Å². The van der Waals surface area contributed by atoms with Gasteiger partial charge in [-0.05, 0) is 34.4 Å². The standard InChI is InChI=1S/C19H13N3O3S/c20-17(21-22-18(23)16-6-3-9-26-16)14-10-13-12-5-2-1-4-11(12)7-8-15(13)25-19(14)24/h1-10H,(H2,20,21)(H,22,23). The Kier molecular flexibility index (Phi) is 3.98. The van der Waals surface area contributed by atoms with Gasteiger partial charge in [-0.15, -0.1) is 11.3 Å². The van der Waals surface area contributed by atoms with Gasteiger partial charge >= 0.3 is 5.63 Å². The lowest BCUT2D eigenvalue weighted by atomic mass is 10.0. The highest BCUT2D eigenvalue weighted by molar-refractivity contribution is 7.12. The molecule has 128 valence electrons. The minimum absolute atomic E-state index is 0.0975. The van der Waals surface area contributed by atoms with E-state index in [1.165, 1.54) is 11.3 Å². The fourth-order valence-corrected chi connectivity index (χ4v) is 3.30. The number of nitrogens with two attached hydrogens (primary N) is 1. The maximum absolute atomic E-state index is 12.2. The van der Waals surface area contributed by atoms with Crippen molar-refractivity contribution in [3.63, 3.8) is 0 Å². The van der Waals surface area contributed by atoms with E-state index in [2.05, 4.69) is 10.5 Å². The molecule has 2 aromatic heterocycles. The molecule has 7 heteroatoms. The molecule has 0 aliphatic heterocycles. The number of hydrazone groups is 1. The van der Waals surface area contributed by atoms with E-state index in [-0.39, 0.29) is 11.4 Å². The molecule has 4 rings (SSSR count). The minimum atomic E-state index is -0.612. The highest BCUT2D eigenvalue weighted by atomic mass is 32.1. The van der Waals surface area contributed by atoms with Gasteiger partial charge in [0, 0.05) is 5.39 Å². The first-order chi connectivity index (χ1) is 12.6. The Morgan fingerprint density at radius 1 is 1.08 bits per heavy atom. The van der Waals surface area contributed by atoms with Gasteiger partial charge in [0.25, 0.3) is 5.91 Å². The maximum atomic E-state index is 12.2. The zero-order valence-corrected chi connectivity index (χ0v) is 14.2. The number of rotatable bonds is 3. The van der Waals surface area contributed by atoms with Crippen molar-refractivity contribution in [2.45, 2.75) is 0 Å². The third-order valence-electron chi connectivity index (χ3n) is 3.94. The molecule has 0 saturated heterocycles. The van der Waals surface area contributed by atoms with Crippen LogP contribution in [0.1, 0.15) is 15.2 Å². The molecular weight excluding hydrogens is 350 g/mol. The Balaban J connectivity index is 1.76. The van der Waals surface area contributed by atoms with Crippen LogP contribution in [-0.2, 0) is 0 Å². The molecule has 3 N–H and O–H groups in total. The molecule has 0 atom stereocenters. The first kappa shape index (κ1) is 16.0. The van der Waals surface area contributed by atoms with Crippen molar-refractivity contribution in [3.05, 3.63) is 80.8 Å². The first-order valence-corrected chi connectivity index (χ1v) is 8.64. The largest absolute Gasteiger partial charge is 0.422 e. The molecule has 0 bridgehead atoms. The quantitative estimate of drug-likeness (QED) is 0.192. The Morgan fingerprint density at radius 3 is 2.73 bits per heavy atom. The van der Waals surface area contributed by atoms with Crippen LogP contribution in [0.2, 0.25) is 0 Å². The number of hydrogen-bond acceptors (Lipinski definition) is 5. The normalized spacial score (nSPS) is 11.8. The Hall–Kier alpha value is -3.45. The summed E-state index contributed by atoms with van der Waals surface area (Å²) in [7, 11) is 0. The maximum Gasteiger partial charge on any atom is 0.347 e. The monoisotopic (exact) mass is 363 g/mol. The van der Waals surface area contributed by atoms with Crippen LogP contribution in [0.15, 0.2) is 74.3 Å². The van der Waals surface area contributed by atoms with Crippen LogP contribution in [0.5, 0.6) is 0 Å². The third-order valence-corrected chi connectivity index (χ3v) is 4.81. The van der Waals surface area contributed by atoms with Crippen molar-refractivity contribution in [3.8, 4) is 0 Å². The number of hydrogen-bond donors (Lipinski definition) is 2. The van der Waals surface area contributed by atoms with E-state index in [1.807, 2.05) is 30.3 Å². The van der Waals surface area contributed by atoms with Crippen LogP contribution in [0.25, 0.3) is 21.7 Å². The summed E-state index contributed by atoms with van der Waals surface area (Å²) in [5.41, 5.74) is 8.21. The fourth-order valence-electron chi connectivity index (χ4n) is 2.68. The molecule has 2 heterocycles. The lowest BCUT2D eigenvalue weighted by molar-refractivity contribution is 0.0959. The lowest BCUT2D eigenvalue weighted by Crippen LogP contribution is -2.27. The van der Waals surface area contributed by atoms with Gasteiger partial charge in [0.15, 0.2) is 5.84 Å². The van der Waals surface area contributed by atoms with E-state index in [0.717, 1.165) is 16.2 Å². The highest BCUT2D eigenvalue weighted by Gasteiger charge is 2.12. The van der Waals surface area contributed by atoms with E-state index < -0.39 is 11.5 Å². The number of benzene rings is 2. The predicted octanol–water partition coefficient (Wildman–Crippen LogP) is 3.06. The Bertz CT molecular complexity index is 1210. The third kappa shape index (κ3) is 2.84. The van der Waals surface area contributed by atoms with Gasteiger partial charge in [0.05, 0.1) is 4.88 Å². The predicted molar refractivity (Wildman–Crippen MR) is 102 cm³/mol. The van der Waals surface area contributed by atoms with Crippen LogP contribution in [0.4, 0.5) is 0 Å². The second kappa shape index (κ2) is 6.45. The summed E-state index contributed by atoms with van der Waals surface area (Å²) in [4.78, 5) is 24.7. The zero-order valence-electron chi connectivity index (χ0n) is 13.4. The molecule has 0 fully saturated rings. The summed E-state index contributed by atoms with van der Waals surface area (Å²) in [6, 6.07) is 16.5. The van der Waals surface area contributed by atoms with Crippen molar-refractivity contribution in [1.29, 1.82) is 0 Å². The summed E-state index contributed by atoms with van der Waals surface area (Å²) in [5.74, 6) is -0.503. The topological polar surface area (TPSA) is 97.7 Å². The molecule has 1 amide bonds. The van der Waals surface area contributed by atoms with Gasteiger partial charge in [-0.25, -0.2) is 10.2 Å². The molecule has 2 aromatic carbocycles. The number of nitrogens with zero attached hydrogens (tertiary/aromatic N) is 1. The van der Waals surface area contributed by atoms with Crippen LogP contribution < -0.4 is 16.8 Å². The summed E-state index contributed by atoms with van der Waals surface area (Å²) in [6.45, 7) is 0. The number of amides is 1. The number of fused-ring (bicyclic) bond motifs is 3. The number of carbonyl (C=O) groups is 1. The zero-order chi connectivity index (χ0) is 18.1. The second-order valence-corrected chi connectivity index (χ2v) is 6.51. The number of nitrogens with one attached hydrogen (secondary N) is 1. The van der Waals surface area contributed by atoms with Crippen molar-refractivity contribution in [2.24, 2.45) is 10.8 Å². The summed E-state index contributed by atoms with van der Waals surface area (Å²) in [5, 5.41) is 8.32. The van der Waals surface area contributed by atoms with Gasteiger partial charge in [0.2, 0.25) is 0 Å². The van der Waals surface area contributed by atoms with Crippen LogP contribution in [-0.4, -0.2) is 11.7 Å². The Morgan fingerprint density at radius 2 is 1.92 bits per heavy atom. The second-order valence-electron chi connectivity index (χ2n) is 5.56. The van der Waals surface area contributed by atoms with E-state index in [1.54, 1.807) is 29.6 Å². The molecule has 6 nitrogen and oxygen atoms in total. The molecule has 26 heavy (non-hydrogen) atoms. The van der Waals surface area contributed by atoms with Gasteiger partial charge < -0.3 is 10.2 Å². The van der Waals surface area contributed by atoms with Gasteiger partial charge in [0.1, 0.15) is 11.1 Å². The molecule has 0 spiro atoms. The van der Waals surface area contributed by atoms with Gasteiger partial charge in [-0.2, -0.15) is 5.10 Å². The van der Waals surface area contributed by atoms with Crippen molar-refractivity contribution in [1.82, 2.24) is 5.43 Å². The lowest BCUT2D eigenvalue weighted by Gasteiger charge is -2.05. The number of thiophene rings is 1. The van der Waals surface area contributed by atoms with Crippen molar-refractivity contribution >= 4 is 44.8 Å². The van der Waals surface area contributed by atoms with Crippen LogP contribution >= 0.6 is 11.3 Å². The molecule has 0 saturated carbocycles. The summed E-state index contributed by atoms with van der Waals surface area (Å²) < 4.78 is 5.37. The van der Waals surface area contributed by atoms with E-state index in [0.29, 0.717) is 10.5 Å². The molecule has 0 aliphatic rings.